The molecule has 2 aromatic rings. The first-order valence-corrected chi connectivity index (χ1v) is 12.4. The van der Waals surface area contributed by atoms with Crippen LogP contribution in [0, 0.1) is 19.8 Å². The first kappa shape index (κ1) is 24.7. The number of carbonyl (C=O) groups excluding carboxylic acids is 2. The third kappa shape index (κ3) is 5.89. The molecule has 0 atom stereocenters. The molecule has 1 heterocycles. The molecule has 1 N–H and O–H groups in total. The van der Waals surface area contributed by atoms with E-state index >= 15 is 0 Å². The second-order valence-electron chi connectivity index (χ2n) is 8.53. The molecule has 0 aliphatic carbocycles. The van der Waals surface area contributed by atoms with Crippen molar-refractivity contribution in [3.63, 3.8) is 0 Å². The summed E-state index contributed by atoms with van der Waals surface area (Å²) < 4.78 is 26.3. The normalized spacial score (nSPS) is 15.2. The molecule has 1 fully saturated rings. The van der Waals surface area contributed by atoms with Crippen molar-refractivity contribution >= 4 is 33.6 Å². The first-order valence-electron chi connectivity index (χ1n) is 11.0. The Morgan fingerprint density at radius 3 is 2.30 bits per heavy atom. The Morgan fingerprint density at radius 1 is 1.06 bits per heavy atom. The minimum Gasteiger partial charge on any atom is -0.339 e. The van der Waals surface area contributed by atoms with Crippen molar-refractivity contribution in [3.8, 4) is 0 Å². The van der Waals surface area contributed by atoms with Crippen molar-refractivity contribution < 1.29 is 18.0 Å². The molecule has 33 heavy (non-hydrogen) atoms. The number of anilines is 1. The molecule has 1 saturated heterocycles. The largest absolute Gasteiger partial charge is 0.339 e. The van der Waals surface area contributed by atoms with Gasteiger partial charge in [-0.2, -0.15) is 0 Å². The van der Waals surface area contributed by atoms with Crippen molar-refractivity contribution in [2.45, 2.75) is 31.6 Å². The summed E-state index contributed by atoms with van der Waals surface area (Å²) in [7, 11) is -0.652. The lowest BCUT2D eigenvalue weighted by atomic mass is 9.95. The van der Waals surface area contributed by atoms with E-state index in [1.165, 1.54) is 20.2 Å². The Kier molecular flexibility index (Phi) is 7.71. The molecule has 2 amide bonds. The van der Waals surface area contributed by atoms with E-state index in [4.69, 9.17) is 0 Å². The molecule has 8 heteroatoms. The van der Waals surface area contributed by atoms with E-state index in [0.29, 0.717) is 31.6 Å². The standard InChI is InChI=1S/C25H31N3O4S/c1-18-16-22(33(31,32)27(3)4)17-23(19(18)2)26-25(30)21-12-14-28(15-13-21)24(29)11-10-20-8-6-5-7-9-20/h5-11,16-17,21H,12-15H2,1-4H3,(H,26,30). The second kappa shape index (κ2) is 10.3. The number of nitrogens with one attached hydrogen (secondary N) is 1. The number of amides is 2. The summed E-state index contributed by atoms with van der Waals surface area (Å²) >= 11 is 0. The van der Waals surface area contributed by atoms with Gasteiger partial charge in [0.15, 0.2) is 0 Å². The number of rotatable bonds is 6. The van der Waals surface area contributed by atoms with Crippen LogP contribution in [0.2, 0.25) is 0 Å². The van der Waals surface area contributed by atoms with E-state index in [9.17, 15) is 18.0 Å². The molecule has 0 unspecified atom stereocenters. The van der Waals surface area contributed by atoms with Crippen LogP contribution in [-0.4, -0.2) is 56.6 Å². The van der Waals surface area contributed by atoms with E-state index in [1.54, 1.807) is 23.1 Å². The third-order valence-corrected chi connectivity index (χ3v) is 7.87. The average molecular weight is 470 g/mol. The van der Waals surface area contributed by atoms with Gasteiger partial charge >= 0.3 is 0 Å². The van der Waals surface area contributed by atoms with E-state index in [1.807, 2.05) is 44.2 Å². The highest BCUT2D eigenvalue weighted by atomic mass is 32.2. The maximum absolute atomic E-state index is 12.9. The number of aryl methyl sites for hydroxylation is 1. The number of sulfonamides is 1. The number of piperidine rings is 1. The van der Waals surface area contributed by atoms with Gasteiger partial charge in [-0.1, -0.05) is 30.3 Å². The van der Waals surface area contributed by atoms with Crippen LogP contribution in [-0.2, 0) is 19.6 Å². The van der Waals surface area contributed by atoms with Crippen LogP contribution in [0.1, 0.15) is 29.5 Å². The fraction of sp³-hybridized carbons (Fsp3) is 0.360. The highest BCUT2D eigenvalue weighted by Crippen LogP contribution is 2.27. The molecule has 3 rings (SSSR count). The lowest BCUT2D eigenvalue weighted by Crippen LogP contribution is -2.40. The van der Waals surface area contributed by atoms with Crippen LogP contribution < -0.4 is 5.32 Å². The topological polar surface area (TPSA) is 86.8 Å². The monoisotopic (exact) mass is 469 g/mol. The zero-order valence-electron chi connectivity index (χ0n) is 19.5. The van der Waals surface area contributed by atoms with Gasteiger partial charge in [-0.05, 0) is 61.6 Å². The van der Waals surface area contributed by atoms with Crippen LogP contribution in [0.5, 0.6) is 0 Å². The number of benzene rings is 2. The SMILES string of the molecule is Cc1cc(S(=O)(=O)N(C)C)cc(NC(=O)C2CCN(C(=O)C=Cc3ccccc3)CC2)c1C. The van der Waals surface area contributed by atoms with Gasteiger partial charge in [0.25, 0.3) is 0 Å². The Bertz CT molecular complexity index is 1150. The fourth-order valence-corrected chi connectivity index (χ4v) is 4.76. The van der Waals surface area contributed by atoms with Crippen molar-refractivity contribution in [3.05, 3.63) is 65.2 Å². The van der Waals surface area contributed by atoms with E-state index in [0.717, 1.165) is 21.0 Å². The molecular formula is C25H31N3O4S. The lowest BCUT2D eigenvalue weighted by Gasteiger charge is -2.30. The molecule has 176 valence electrons. The van der Waals surface area contributed by atoms with Gasteiger partial charge in [0.05, 0.1) is 4.90 Å². The van der Waals surface area contributed by atoms with Gasteiger partial charge in [0.1, 0.15) is 0 Å². The highest BCUT2D eigenvalue weighted by Gasteiger charge is 2.27. The van der Waals surface area contributed by atoms with E-state index in [2.05, 4.69) is 5.32 Å². The summed E-state index contributed by atoms with van der Waals surface area (Å²) in [6.07, 6.45) is 4.48. The van der Waals surface area contributed by atoms with Crippen molar-refractivity contribution in [1.29, 1.82) is 0 Å². The van der Waals surface area contributed by atoms with Crippen molar-refractivity contribution in [2.75, 3.05) is 32.5 Å². The van der Waals surface area contributed by atoms with Gasteiger partial charge < -0.3 is 10.2 Å². The molecule has 0 aromatic heterocycles. The van der Waals surface area contributed by atoms with Gasteiger partial charge in [0, 0.05) is 44.9 Å². The lowest BCUT2D eigenvalue weighted by molar-refractivity contribution is -0.130. The number of hydrogen-bond acceptors (Lipinski definition) is 4. The second-order valence-corrected chi connectivity index (χ2v) is 10.7. The predicted molar refractivity (Wildman–Crippen MR) is 130 cm³/mol. The average Bonchev–Trinajstić information content (AvgIpc) is 2.80. The zero-order chi connectivity index (χ0) is 24.2. The maximum atomic E-state index is 12.9. The van der Waals surface area contributed by atoms with Crippen LogP contribution in [0.3, 0.4) is 0 Å². The third-order valence-electron chi connectivity index (χ3n) is 6.07. The summed E-state index contributed by atoms with van der Waals surface area (Å²) in [4.78, 5) is 27.3. The van der Waals surface area contributed by atoms with Gasteiger partial charge in [-0.3, -0.25) is 9.59 Å². The van der Waals surface area contributed by atoms with Gasteiger partial charge in [-0.25, -0.2) is 12.7 Å². The molecule has 1 aliphatic heterocycles. The maximum Gasteiger partial charge on any atom is 0.246 e. The number of carbonyl (C=O) groups is 2. The van der Waals surface area contributed by atoms with E-state index in [-0.39, 0.29) is 22.6 Å². The van der Waals surface area contributed by atoms with Gasteiger partial charge in [-0.15, -0.1) is 0 Å². The minimum absolute atomic E-state index is 0.0641. The molecule has 0 saturated carbocycles. The summed E-state index contributed by atoms with van der Waals surface area (Å²) in [6, 6.07) is 12.8. The zero-order valence-corrected chi connectivity index (χ0v) is 20.4. The quantitative estimate of drug-likeness (QED) is 0.657. The minimum atomic E-state index is -3.61. The predicted octanol–water partition coefficient (Wildman–Crippen LogP) is 3.44. The van der Waals surface area contributed by atoms with E-state index < -0.39 is 10.0 Å². The highest BCUT2D eigenvalue weighted by molar-refractivity contribution is 7.89. The number of hydrogen-bond donors (Lipinski definition) is 1. The molecule has 1 aliphatic rings. The summed E-state index contributed by atoms with van der Waals surface area (Å²) in [6.45, 7) is 4.69. The smallest absolute Gasteiger partial charge is 0.246 e. The Balaban J connectivity index is 1.63. The summed E-state index contributed by atoms with van der Waals surface area (Å²) in [5.41, 5.74) is 3.09. The Hall–Kier alpha value is -2.97. The van der Waals surface area contributed by atoms with Gasteiger partial charge in [0.2, 0.25) is 21.8 Å². The van der Waals surface area contributed by atoms with Crippen molar-refractivity contribution in [2.24, 2.45) is 5.92 Å². The molecule has 0 spiro atoms. The molecular weight excluding hydrogens is 438 g/mol. The summed E-state index contributed by atoms with van der Waals surface area (Å²) in [5.74, 6) is -0.449. The fourth-order valence-electron chi connectivity index (χ4n) is 3.75. The van der Waals surface area contributed by atoms with Crippen LogP contribution >= 0.6 is 0 Å². The van der Waals surface area contributed by atoms with Crippen LogP contribution in [0.4, 0.5) is 5.69 Å². The Morgan fingerprint density at radius 2 is 1.70 bits per heavy atom. The molecule has 7 nitrogen and oxygen atoms in total. The Labute approximate surface area is 196 Å². The van der Waals surface area contributed by atoms with Crippen LogP contribution in [0.25, 0.3) is 6.08 Å². The number of likely N-dealkylation sites (tertiary alicyclic amines) is 1. The molecule has 2 aromatic carbocycles. The molecule has 0 bridgehead atoms. The number of nitrogens with zero attached hydrogens (tertiary/aromatic N) is 2. The first-order chi connectivity index (χ1) is 15.6. The van der Waals surface area contributed by atoms with Crippen molar-refractivity contribution in [1.82, 2.24) is 9.21 Å². The summed E-state index contributed by atoms with van der Waals surface area (Å²) in [5, 5.41) is 2.92. The van der Waals surface area contributed by atoms with Crippen LogP contribution in [0.15, 0.2) is 53.4 Å². The molecule has 0 radical (unpaired) electrons.